The molecule has 3 heterocycles. The molecule has 1 unspecified atom stereocenters. The molecule has 1 aliphatic carbocycles. The van der Waals surface area contributed by atoms with E-state index in [2.05, 4.69) is 25.5 Å². The van der Waals surface area contributed by atoms with E-state index in [-0.39, 0.29) is 29.7 Å². The number of halogens is 3. The lowest BCUT2D eigenvalue weighted by atomic mass is 9.79. The van der Waals surface area contributed by atoms with Gasteiger partial charge in [0.05, 0.1) is 29.8 Å². The van der Waals surface area contributed by atoms with E-state index in [9.17, 15) is 18.0 Å². The lowest BCUT2D eigenvalue weighted by molar-refractivity contribution is -0.137. The molecule has 5 rings (SSSR count). The summed E-state index contributed by atoms with van der Waals surface area (Å²) in [5, 5.41) is 6.12. The average Bonchev–Trinajstić information content (AvgIpc) is 2.84. The Balaban J connectivity index is 1.06. The predicted molar refractivity (Wildman–Crippen MR) is 126 cm³/mol. The van der Waals surface area contributed by atoms with E-state index >= 15 is 0 Å². The minimum atomic E-state index is -4.46. The van der Waals surface area contributed by atoms with Crippen LogP contribution in [0.25, 0.3) is 10.9 Å². The van der Waals surface area contributed by atoms with E-state index < -0.39 is 11.7 Å². The van der Waals surface area contributed by atoms with E-state index in [1.165, 1.54) is 57.3 Å². The van der Waals surface area contributed by atoms with Gasteiger partial charge in [0.15, 0.2) is 0 Å². The van der Waals surface area contributed by atoms with Gasteiger partial charge >= 0.3 is 6.18 Å². The maximum atomic E-state index is 13.1. The normalized spacial score (nSPS) is 26.3. The number of amides is 1. The number of benzene rings is 1. The molecule has 1 amide bonds. The second kappa shape index (κ2) is 10.3. The lowest BCUT2D eigenvalue weighted by Gasteiger charge is -2.47. The summed E-state index contributed by atoms with van der Waals surface area (Å²) in [4.78, 5) is 23.0. The number of likely N-dealkylation sites (tertiary alicyclic amines) is 1. The van der Waals surface area contributed by atoms with Crippen molar-refractivity contribution >= 4 is 22.6 Å². The lowest BCUT2D eigenvalue weighted by Crippen LogP contribution is -2.63. The number of ether oxygens (including phenoxy) is 1. The van der Waals surface area contributed by atoms with Crippen LogP contribution in [0.1, 0.15) is 50.5 Å². The Bertz CT molecular complexity index is 1030. The third-order valence-corrected chi connectivity index (χ3v) is 7.65. The number of alkyl halides is 3. The highest BCUT2D eigenvalue weighted by atomic mass is 19.4. The van der Waals surface area contributed by atoms with Crippen molar-refractivity contribution in [1.29, 1.82) is 0 Å². The van der Waals surface area contributed by atoms with Gasteiger partial charge in [-0.15, -0.1) is 0 Å². The molecule has 2 saturated heterocycles. The van der Waals surface area contributed by atoms with Crippen LogP contribution in [0.5, 0.6) is 0 Å². The van der Waals surface area contributed by atoms with Gasteiger partial charge in [-0.05, 0) is 69.1 Å². The first-order valence-corrected chi connectivity index (χ1v) is 12.6. The van der Waals surface area contributed by atoms with E-state index in [0.29, 0.717) is 23.6 Å². The Labute approximate surface area is 202 Å². The van der Waals surface area contributed by atoms with E-state index in [1.807, 2.05) is 0 Å². The number of carbonyl (C=O) groups excluding carboxylic acids is 1. The van der Waals surface area contributed by atoms with Crippen LogP contribution < -0.4 is 10.6 Å². The number of aromatic nitrogens is 2. The van der Waals surface area contributed by atoms with Gasteiger partial charge in [-0.1, -0.05) is 0 Å². The second-order valence-corrected chi connectivity index (χ2v) is 10.00. The quantitative estimate of drug-likeness (QED) is 0.636. The monoisotopic (exact) mass is 491 g/mol. The van der Waals surface area contributed by atoms with Crippen LogP contribution in [0.2, 0.25) is 0 Å². The Kier molecular flexibility index (Phi) is 7.11. The fraction of sp³-hybridized carbons (Fsp3) is 0.640. The number of hydrogen-bond acceptors (Lipinski definition) is 6. The predicted octanol–water partition coefficient (Wildman–Crippen LogP) is 3.99. The van der Waals surface area contributed by atoms with E-state index in [1.54, 1.807) is 0 Å². The molecule has 1 atom stereocenters. The fourth-order valence-electron chi connectivity index (χ4n) is 5.69. The molecule has 2 aromatic rings. The van der Waals surface area contributed by atoms with Crippen LogP contribution in [0.15, 0.2) is 24.5 Å². The second-order valence-electron chi connectivity index (χ2n) is 10.00. The summed E-state index contributed by atoms with van der Waals surface area (Å²) >= 11 is 0. The molecule has 190 valence electrons. The molecule has 0 bridgehead atoms. The summed E-state index contributed by atoms with van der Waals surface area (Å²) < 4.78 is 45.2. The topological polar surface area (TPSA) is 79.4 Å². The molecule has 2 aliphatic heterocycles. The highest BCUT2D eigenvalue weighted by Crippen LogP contribution is 2.35. The van der Waals surface area contributed by atoms with Gasteiger partial charge in [0.2, 0.25) is 5.91 Å². The molecule has 0 spiro atoms. The minimum absolute atomic E-state index is 0.0641. The van der Waals surface area contributed by atoms with Crippen molar-refractivity contribution in [2.45, 2.75) is 69.3 Å². The maximum Gasteiger partial charge on any atom is 0.416 e. The number of rotatable bonds is 6. The summed E-state index contributed by atoms with van der Waals surface area (Å²) in [6, 6.07) is 3.99. The van der Waals surface area contributed by atoms with Crippen LogP contribution in [-0.2, 0) is 15.7 Å². The first-order valence-electron chi connectivity index (χ1n) is 12.6. The number of nitrogens with one attached hydrogen (secondary N) is 2. The smallest absolute Gasteiger partial charge is 0.378 e. The van der Waals surface area contributed by atoms with Gasteiger partial charge < -0.3 is 15.4 Å². The first-order chi connectivity index (χ1) is 16.9. The number of hydrogen-bond donors (Lipinski definition) is 2. The SMILES string of the molecule is O=C(CNc1ncnc2ccc(C(F)(F)F)cc12)NC1CN([C@H]2CC[C@H](C3CCCCO3)CC2)C1. The molecule has 3 aliphatic rings. The molecular formula is C25H32F3N5O2. The Morgan fingerprint density at radius 1 is 1.09 bits per heavy atom. The molecule has 7 nitrogen and oxygen atoms in total. The summed E-state index contributed by atoms with van der Waals surface area (Å²) in [5.74, 6) is 0.705. The van der Waals surface area contributed by atoms with Gasteiger partial charge in [0, 0.05) is 31.1 Å². The third kappa shape index (κ3) is 5.69. The zero-order valence-corrected chi connectivity index (χ0v) is 19.7. The zero-order chi connectivity index (χ0) is 24.4. The molecule has 10 heteroatoms. The van der Waals surface area contributed by atoms with Crippen molar-refractivity contribution in [3.05, 3.63) is 30.1 Å². The summed E-state index contributed by atoms with van der Waals surface area (Å²) in [6.45, 7) is 2.53. The van der Waals surface area contributed by atoms with Crippen LogP contribution in [0.4, 0.5) is 19.0 Å². The Morgan fingerprint density at radius 2 is 1.89 bits per heavy atom. The largest absolute Gasteiger partial charge is 0.416 e. The molecule has 1 aromatic heterocycles. The molecule has 1 saturated carbocycles. The highest BCUT2D eigenvalue weighted by Gasteiger charge is 2.37. The number of nitrogens with zero attached hydrogens (tertiary/aromatic N) is 3. The number of fused-ring (bicyclic) bond motifs is 1. The number of carbonyl (C=O) groups is 1. The van der Waals surface area contributed by atoms with Gasteiger partial charge in [-0.2, -0.15) is 13.2 Å². The van der Waals surface area contributed by atoms with Gasteiger partial charge in [-0.3, -0.25) is 9.69 Å². The van der Waals surface area contributed by atoms with Crippen molar-refractivity contribution in [2.75, 3.05) is 31.6 Å². The van der Waals surface area contributed by atoms with Crippen molar-refractivity contribution in [2.24, 2.45) is 5.92 Å². The zero-order valence-electron chi connectivity index (χ0n) is 19.7. The molecule has 2 N–H and O–H groups in total. The van der Waals surface area contributed by atoms with Crippen molar-refractivity contribution < 1.29 is 22.7 Å². The van der Waals surface area contributed by atoms with E-state index in [0.717, 1.165) is 31.8 Å². The maximum absolute atomic E-state index is 13.1. The van der Waals surface area contributed by atoms with Gasteiger partial charge in [-0.25, -0.2) is 9.97 Å². The summed E-state index contributed by atoms with van der Waals surface area (Å²) in [7, 11) is 0. The molecular weight excluding hydrogens is 459 g/mol. The van der Waals surface area contributed by atoms with Crippen molar-refractivity contribution in [3.8, 4) is 0 Å². The average molecular weight is 492 g/mol. The Hall–Kier alpha value is -2.46. The highest BCUT2D eigenvalue weighted by molar-refractivity contribution is 5.91. The van der Waals surface area contributed by atoms with Crippen molar-refractivity contribution in [1.82, 2.24) is 20.2 Å². The van der Waals surface area contributed by atoms with Gasteiger partial charge in [0.25, 0.3) is 0 Å². The van der Waals surface area contributed by atoms with Crippen LogP contribution in [0, 0.1) is 5.92 Å². The van der Waals surface area contributed by atoms with Crippen LogP contribution >= 0.6 is 0 Å². The molecule has 35 heavy (non-hydrogen) atoms. The third-order valence-electron chi connectivity index (χ3n) is 7.65. The van der Waals surface area contributed by atoms with Crippen molar-refractivity contribution in [3.63, 3.8) is 0 Å². The van der Waals surface area contributed by atoms with Crippen LogP contribution in [-0.4, -0.2) is 65.2 Å². The summed E-state index contributed by atoms with van der Waals surface area (Å²) in [6.07, 6.45) is 5.76. The number of anilines is 1. The van der Waals surface area contributed by atoms with E-state index in [4.69, 9.17) is 4.74 Å². The minimum Gasteiger partial charge on any atom is -0.378 e. The molecule has 3 fully saturated rings. The molecule has 0 radical (unpaired) electrons. The Morgan fingerprint density at radius 3 is 2.60 bits per heavy atom. The summed E-state index contributed by atoms with van der Waals surface area (Å²) in [5.41, 5.74) is -0.391. The van der Waals surface area contributed by atoms with Crippen LogP contribution in [0.3, 0.4) is 0 Å². The molecule has 1 aromatic carbocycles. The fourth-order valence-corrected chi connectivity index (χ4v) is 5.69. The standard InChI is InChI=1S/C25H32F3N5O2/c26-25(27,28)17-6-9-21-20(11-17)24(31-15-30-21)29-12-23(34)32-18-13-33(14-18)19-7-4-16(5-8-19)22-3-1-2-10-35-22/h6,9,11,15-16,18-19,22H,1-5,7-8,10,12-14H2,(H,32,34)(H,29,30,31)/t16-,19-,22?. The first kappa shape index (κ1) is 24.2. The van der Waals surface area contributed by atoms with Gasteiger partial charge in [0.1, 0.15) is 12.1 Å².